The van der Waals surface area contributed by atoms with Gasteiger partial charge in [0, 0.05) is 34.3 Å². The van der Waals surface area contributed by atoms with Crippen molar-refractivity contribution in [1.29, 1.82) is 5.26 Å². The SMILES string of the molecule is COc1ccc(NC(=O)CSc2nnc(N3C(N)=C(C#N)C(c4c(F)cccc4Cl)C4=C3CCCC4=O)s2)c(OC)c1. The number of anilines is 2. The Kier molecular flexibility index (Phi) is 8.67. The zero-order chi connectivity index (χ0) is 30.0. The number of ether oxygens (including phenoxy) is 2. The second-order valence-corrected chi connectivity index (χ2v) is 11.8. The number of hydrogen-bond acceptors (Lipinski definition) is 11. The maximum absolute atomic E-state index is 15.1. The highest BCUT2D eigenvalue weighted by Gasteiger charge is 2.43. The van der Waals surface area contributed by atoms with E-state index in [2.05, 4.69) is 21.6 Å². The number of allylic oxidation sites excluding steroid dienone is 3. The van der Waals surface area contributed by atoms with E-state index in [0.29, 0.717) is 45.2 Å². The molecule has 0 bridgehead atoms. The Hall–Kier alpha value is -4.12. The van der Waals surface area contributed by atoms with E-state index >= 15 is 4.39 Å². The minimum absolute atomic E-state index is 0.00628. The van der Waals surface area contributed by atoms with Crippen LogP contribution >= 0.6 is 34.7 Å². The lowest BCUT2D eigenvalue weighted by Crippen LogP contribution is -2.39. The van der Waals surface area contributed by atoms with Crippen molar-refractivity contribution in [2.75, 3.05) is 30.2 Å². The Labute approximate surface area is 253 Å². The first-order chi connectivity index (χ1) is 20.3. The van der Waals surface area contributed by atoms with Gasteiger partial charge in [0.1, 0.15) is 23.1 Å². The molecule has 0 radical (unpaired) electrons. The van der Waals surface area contributed by atoms with Gasteiger partial charge in [0.05, 0.1) is 43.2 Å². The molecule has 0 saturated heterocycles. The second kappa shape index (κ2) is 12.4. The molecule has 2 aromatic carbocycles. The van der Waals surface area contributed by atoms with Crippen molar-refractivity contribution in [1.82, 2.24) is 10.2 Å². The molecule has 2 aliphatic rings. The maximum Gasteiger partial charge on any atom is 0.234 e. The fourth-order valence-electron chi connectivity index (χ4n) is 4.95. The number of Topliss-reactive ketones (excluding diaryl/α,β-unsaturated/α-hetero) is 1. The standard InChI is InChI=1S/C28H24ClFN6O4S2/c1-39-14-9-10-18(21(11-14)40-2)33-22(38)13-41-28-35-34-27(42-28)36-19-7-4-8-20(37)25(19)23(15(12-31)26(36)32)24-16(29)5-3-6-17(24)30/h3,5-6,9-11,23H,4,7-8,13,32H2,1-2H3,(H,33,38). The van der Waals surface area contributed by atoms with Crippen molar-refractivity contribution in [3.8, 4) is 17.6 Å². The minimum Gasteiger partial charge on any atom is -0.497 e. The summed E-state index contributed by atoms with van der Waals surface area (Å²) < 4.78 is 26.1. The summed E-state index contributed by atoms with van der Waals surface area (Å²) in [6, 6.07) is 11.3. The Morgan fingerprint density at radius 1 is 1.29 bits per heavy atom. The number of hydrogen-bond donors (Lipinski definition) is 2. The van der Waals surface area contributed by atoms with Crippen LogP contribution in [0.2, 0.25) is 5.02 Å². The summed E-state index contributed by atoms with van der Waals surface area (Å²) in [4.78, 5) is 27.5. The van der Waals surface area contributed by atoms with Crippen LogP contribution in [0.4, 0.5) is 15.2 Å². The average molecular weight is 627 g/mol. The van der Waals surface area contributed by atoms with Gasteiger partial charge in [-0.1, -0.05) is 40.8 Å². The van der Waals surface area contributed by atoms with Crippen molar-refractivity contribution >= 4 is 57.2 Å². The molecule has 0 saturated carbocycles. The number of aromatic nitrogens is 2. The molecule has 1 aliphatic carbocycles. The van der Waals surface area contributed by atoms with E-state index in [1.54, 1.807) is 23.1 Å². The zero-order valence-electron chi connectivity index (χ0n) is 22.4. The first-order valence-electron chi connectivity index (χ1n) is 12.7. The van der Waals surface area contributed by atoms with Crippen molar-refractivity contribution in [3.63, 3.8) is 0 Å². The number of methoxy groups -OCH3 is 2. The van der Waals surface area contributed by atoms with Crippen LogP contribution in [-0.2, 0) is 9.59 Å². The average Bonchev–Trinajstić information content (AvgIpc) is 3.44. The summed E-state index contributed by atoms with van der Waals surface area (Å²) in [5, 5.41) is 21.8. The largest absolute Gasteiger partial charge is 0.497 e. The predicted octanol–water partition coefficient (Wildman–Crippen LogP) is 5.38. The number of rotatable bonds is 8. The highest BCUT2D eigenvalue weighted by atomic mass is 35.5. The fraction of sp³-hybridized carbons (Fsp3) is 0.250. The Bertz CT molecular complexity index is 1660. The molecule has 1 amide bonds. The molecule has 3 aromatic rings. The van der Waals surface area contributed by atoms with Crippen molar-refractivity contribution in [2.45, 2.75) is 29.5 Å². The van der Waals surface area contributed by atoms with Crippen LogP contribution < -0.4 is 25.4 Å². The van der Waals surface area contributed by atoms with Crippen LogP contribution in [0.3, 0.4) is 0 Å². The molecule has 3 N–H and O–H groups in total. The van der Waals surface area contributed by atoms with Crippen LogP contribution in [0.15, 0.2) is 63.4 Å². The number of carbonyl (C=O) groups is 2. The molecule has 1 atom stereocenters. The van der Waals surface area contributed by atoms with Gasteiger partial charge in [-0.15, -0.1) is 10.2 Å². The number of nitrogens with one attached hydrogen (secondary N) is 1. The van der Waals surface area contributed by atoms with Crippen molar-refractivity contribution in [2.24, 2.45) is 5.73 Å². The molecule has 0 fully saturated rings. The predicted molar refractivity (Wildman–Crippen MR) is 158 cm³/mol. The molecule has 42 heavy (non-hydrogen) atoms. The van der Waals surface area contributed by atoms with E-state index < -0.39 is 11.7 Å². The van der Waals surface area contributed by atoms with Gasteiger partial charge in [0.25, 0.3) is 0 Å². The molecule has 10 nitrogen and oxygen atoms in total. The van der Waals surface area contributed by atoms with E-state index in [0.717, 1.165) is 23.1 Å². The van der Waals surface area contributed by atoms with Crippen LogP contribution in [0, 0.1) is 17.1 Å². The number of carbonyl (C=O) groups excluding carboxylic acids is 2. The topological polar surface area (TPSA) is 143 Å². The molecule has 1 unspecified atom stereocenters. The van der Waals surface area contributed by atoms with E-state index in [1.165, 1.54) is 32.4 Å². The number of nitriles is 1. The Balaban J connectivity index is 1.41. The number of thioether (sulfide) groups is 1. The number of benzene rings is 2. The fourth-order valence-corrected chi connectivity index (χ4v) is 6.90. The third-order valence-corrected chi connectivity index (χ3v) is 9.17. The van der Waals surface area contributed by atoms with Gasteiger partial charge in [-0.3, -0.25) is 14.5 Å². The molecule has 1 aliphatic heterocycles. The van der Waals surface area contributed by atoms with Gasteiger partial charge in [0.15, 0.2) is 10.1 Å². The number of halogens is 2. The number of nitrogens with two attached hydrogens (primary N) is 1. The third-order valence-electron chi connectivity index (χ3n) is 6.80. The molecule has 0 spiro atoms. The molecular weight excluding hydrogens is 603 g/mol. The summed E-state index contributed by atoms with van der Waals surface area (Å²) in [5.41, 5.74) is 7.86. The normalized spacial score (nSPS) is 16.7. The Morgan fingerprint density at radius 2 is 2.10 bits per heavy atom. The zero-order valence-corrected chi connectivity index (χ0v) is 24.8. The summed E-state index contributed by atoms with van der Waals surface area (Å²) in [6.07, 6.45) is 1.26. The summed E-state index contributed by atoms with van der Waals surface area (Å²) >= 11 is 8.70. The van der Waals surface area contributed by atoms with Crippen LogP contribution in [0.5, 0.6) is 11.5 Å². The van der Waals surface area contributed by atoms with Crippen LogP contribution in [0.1, 0.15) is 30.7 Å². The molecular formula is C28H24ClFN6O4S2. The van der Waals surface area contributed by atoms with E-state index in [4.69, 9.17) is 26.8 Å². The number of nitrogens with zero attached hydrogens (tertiary/aromatic N) is 4. The van der Waals surface area contributed by atoms with Crippen molar-refractivity contribution in [3.05, 3.63) is 75.5 Å². The van der Waals surface area contributed by atoms with Crippen molar-refractivity contribution < 1.29 is 23.5 Å². The van der Waals surface area contributed by atoms with E-state index in [-0.39, 0.29) is 51.4 Å². The highest BCUT2D eigenvalue weighted by Crippen LogP contribution is 2.49. The highest BCUT2D eigenvalue weighted by molar-refractivity contribution is 8.01. The Morgan fingerprint density at radius 3 is 2.81 bits per heavy atom. The quantitative estimate of drug-likeness (QED) is 0.313. The molecule has 1 aromatic heterocycles. The van der Waals surface area contributed by atoms with Gasteiger partial charge in [0.2, 0.25) is 11.0 Å². The molecule has 14 heteroatoms. The number of amides is 1. The number of ketones is 1. The van der Waals surface area contributed by atoms with Crippen LogP contribution in [-0.4, -0.2) is 41.9 Å². The van der Waals surface area contributed by atoms with Gasteiger partial charge < -0.3 is 20.5 Å². The minimum atomic E-state index is -1.04. The van der Waals surface area contributed by atoms with E-state index in [9.17, 15) is 14.9 Å². The molecule has 5 rings (SSSR count). The lowest BCUT2D eigenvalue weighted by atomic mass is 9.75. The first kappa shape index (κ1) is 29.4. The third kappa shape index (κ3) is 5.53. The lowest BCUT2D eigenvalue weighted by molar-refractivity contribution is -0.116. The lowest BCUT2D eigenvalue weighted by Gasteiger charge is -2.38. The maximum atomic E-state index is 15.1. The molecule has 216 valence electrons. The first-order valence-corrected chi connectivity index (χ1v) is 14.8. The molecule has 2 heterocycles. The smallest absolute Gasteiger partial charge is 0.234 e. The summed E-state index contributed by atoms with van der Waals surface area (Å²) in [7, 11) is 3.03. The summed E-state index contributed by atoms with van der Waals surface area (Å²) in [6.45, 7) is 0. The van der Waals surface area contributed by atoms with Gasteiger partial charge in [-0.25, -0.2) is 4.39 Å². The van der Waals surface area contributed by atoms with Crippen LogP contribution in [0.25, 0.3) is 0 Å². The van der Waals surface area contributed by atoms with E-state index in [1.807, 2.05) is 0 Å². The van der Waals surface area contributed by atoms with Gasteiger partial charge in [-0.2, -0.15) is 5.26 Å². The van der Waals surface area contributed by atoms with Gasteiger partial charge in [-0.05, 0) is 37.1 Å². The monoisotopic (exact) mass is 626 g/mol. The summed E-state index contributed by atoms with van der Waals surface area (Å²) in [5.74, 6) is -1.09. The second-order valence-electron chi connectivity index (χ2n) is 9.21. The van der Waals surface area contributed by atoms with Gasteiger partial charge >= 0.3 is 0 Å².